The molecule has 0 radical (unpaired) electrons. The largest absolute Gasteiger partial charge is 0.457 e. The van der Waals surface area contributed by atoms with Gasteiger partial charge in [-0.2, -0.15) is 0 Å². The summed E-state index contributed by atoms with van der Waals surface area (Å²) in [6, 6.07) is 15.3. The average molecular weight is 352 g/mol. The zero-order valence-electron chi connectivity index (χ0n) is 15.5. The Morgan fingerprint density at radius 1 is 1.04 bits per heavy atom. The molecule has 2 heterocycles. The number of hydrogen-bond acceptors (Lipinski definition) is 4. The van der Waals surface area contributed by atoms with Crippen LogP contribution in [-0.4, -0.2) is 54.2 Å². The van der Waals surface area contributed by atoms with Crippen LogP contribution in [0.4, 0.5) is 0 Å². The summed E-state index contributed by atoms with van der Waals surface area (Å²) in [4.78, 5) is 5.07. The second-order valence-electron chi connectivity index (χ2n) is 7.43. The molecule has 1 unspecified atom stereocenters. The van der Waals surface area contributed by atoms with E-state index in [9.17, 15) is 0 Å². The minimum absolute atomic E-state index is 0.281. The molecule has 4 nitrogen and oxygen atoms in total. The summed E-state index contributed by atoms with van der Waals surface area (Å²) in [7, 11) is 0. The lowest BCUT2D eigenvalue weighted by Crippen LogP contribution is -2.48. The highest BCUT2D eigenvalue weighted by Gasteiger charge is 2.30. The quantitative estimate of drug-likeness (QED) is 0.915. The van der Waals surface area contributed by atoms with Crippen LogP contribution in [0.25, 0.3) is 0 Å². The first kappa shape index (κ1) is 17.5. The zero-order valence-corrected chi connectivity index (χ0v) is 15.5. The molecule has 0 amide bonds. The second kappa shape index (κ2) is 7.78. The molecule has 138 valence electrons. The van der Waals surface area contributed by atoms with E-state index in [0.717, 1.165) is 57.1 Å². The summed E-state index contributed by atoms with van der Waals surface area (Å²) >= 11 is 0. The van der Waals surface area contributed by atoms with Crippen LogP contribution in [0.1, 0.15) is 29.2 Å². The number of fused-ring (bicyclic) bond motifs is 2. The van der Waals surface area contributed by atoms with Crippen molar-refractivity contribution < 1.29 is 9.84 Å². The van der Waals surface area contributed by atoms with Gasteiger partial charge in [-0.05, 0) is 37.5 Å². The number of hydrogen-bond donors (Lipinski definition) is 1. The van der Waals surface area contributed by atoms with Crippen molar-refractivity contribution >= 4 is 0 Å². The third-order valence-electron chi connectivity index (χ3n) is 5.61. The zero-order chi connectivity index (χ0) is 17.9. The monoisotopic (exact) mass is 352 g/mol. The molecule has 0 aliphatic carbocycles. The first-order valence-corrected chi connectivity index (χ1v) is 9.68. The Kier molecular flexibility index (Phi) is 5.25. The highest BCUT2D eigenvalue weighted by molar-refractivity contribution is 5.48. The molecule has 4 heteroatoms. The maximum atomic E-state index is 9.06. The minimum Gasteiger partial charge on any atom is -0.457 e. The van der Waals surface area contributed by atoms with Gasteiger partial charge in [0.2, 0.25) is 0 Å². The van der Waals surface area contributed by atoms with Crippen molar-refractivity contribution in [1.82, 2.24) is 9.80 Å². The standard InChI is InChI=1S/C22H28N2O2/c1-17-7-8-22-19(15-17)20(16-18-5-2-3-6-21(18)26-22)24-12-10-23(11-13-24)9-4-14-25/h2-3,5-8,15,20,25H,4,9-14,16H2,1H3. The van der Waals surface area contributed by atoms with Crippen LogP contribution >= 0.6 is 0 Å². The van der Waals surface area contributed by atoms with Crippen LogP contribution in [0.2, 0.25) is 0 Å². The van der Waals surface area contributed by atoms with Gasteiger partial charge in [0.1, 0.15) is 11.5 Å². The number of piperazine rings is 1. The lowest BCUT2D eigenvalue weighted by Gasteiger charge is -2.39. The molecule has 0 saturated carbocycles. The summed E-state index contributed by atoms with van der Waals surface area (Å²) in [5, 5.41) is 9.06. The molecule has 1 atom stereocenters. The van der Waals surface area contributed by atoms with E-state index in [1.807, 2.05) is 6.07 Å². The summed E-state index contributed by atoms with van der Waals surface area (Å²) in [6.45, 7) is 7.69. The third kappa shape index (κ3) is 3.63. The molecule has 4 rings (SSSR count). The van der Waals surface area contributed by atoms with Gasteiger partial charge in [0.05, 0.1) is 0 Å². The second-order valence-corrected chi connectivity index (χ2v) is 7.43. The number of benzene rings is 2. The van der Waals surface area contributed by atoms with Gasteiger partial charge in [0.25, 0.3) is 0 Å². The van der Waals surface area contributed by atoms with Crippen LogP contribution in [0, 0.1) is 6.92 Å². The first-order chi connectivity index (χ1) is 12.7. The Hall–Kier alpha value is -1.88. The van der Waals surface area contributed by atoms with Gasteiger partial charge in [-0.15, -0.1) is 0 Å². The molecule has 2 aromatic rings. The van der Waals surface area contributed by atoms with Gasteiger partial charge in [0, 0.05) is 50.9 Å². The number of aliphatic hydroxyl groups is 1. The molecular formula is C22H28N2O2. The summed E-state index contributed by atoms with van der Waals surface area (Å²) in [5.74, 6) is 1.98. The van der Waals surface area contributed by atoms with E-state index in [-0.39, 0.29) is 6.61 Å². The van der Waals surface area contributed by atoms with Crippen molar-refractivity contribution in [2.75, 3.05) is 39.3 Å². The van der Waals surface area contributed by atoms with E-state index >= 15 is 0 Å². The molecule has 2 aliphatic rings. The van der Waals surface area contributed by atoms with Crippen molar-refractivity contribution in [2.45, 2.75) is 25.8 Å². The number of ether oxygens (including phenoxy) is 1. The Morgan fingerprint density at radius 2 is 1.85 bits per heavy atom. The molecule has 1 N–H and O–H groups in total. The molecule has 1 saturated heterocycles. The first-order valence-electron chi connectivity index (χ1n) is 9.68. The molecule has 0 bridgehead atoms. The number of rotatable bonds is 4. The van der Waals surface area contributed by atoms with E-state index < -0.39 is 0 Å². The van der Waals surface area contributed by atoms with Crippen molar-refractivity contribution in [3.8, 4) is 11.5 Å². The van der Waals surface area contributed by atoms with Crippen molar-refractivity contribution in [3.63, 3.8) is 0 Å². The number of nitrogens with zero attached hydrogens (tertiary/aromatic N) is 2. The van der Waals surface area contributed by atoms with Gasteiger partial charge in [-0.3, -0.25) is 4.90 Å². The summed E-state index contributed by atoms with van der Waals surface area (Å²) in [5.41, 5.74) is 3.88. The maximum Gasteiger partial charge on any atom is 0.132 e. The number of para-hydroxylation sites is 1. The lowest BCUT2D eigenvalue weighted by atomic mass is 9.95. The molecular weight excluding hydrogens is 324 g/mol. The topological polar surface area (TPSA) is 35.9 Å². The molecule has 2 aromatic carbocycles. The molecule has 1 fully saturated rings. The fourth-order valence-corrected chi connectivity index (χ4v) is 4.15. The van der Waals surface area contributed by atoms with Crippen molar-refractivity contribution in [1.29, 1.82) is 0 Å². The molecule has 0 spiro atoms. The van der Waals surface area contributed by atoms with Crippen LogP contribution in [0.15, 0.2) is 42.5 Å². The summed E-state index contributed by atoms with van der Waals surface area (Å²) < 4.78 is 6.29. The Labute approximate surface area is 156 Å². The fraction of sp³-hybridized carbons (Fsp3) is 0.455. The molecule has 26 heavy (non-hydrogen) atoms. The van der Waals surface area contributed by atoms with Crippen molar-refractivity contribution in [2.24, 2.45) is 0 Å². The highest BCUT2D eigenvalue weighted by atomic mass is 16.5. The third-order valence-corrected chi connectivity index (χ3v) is 5.61. The van der Waals surface area contributed by atoms with E-state index in [4.69, 9.17) is 9.84 Å². The fourth-order valence-electron chi connectivity index (χ4n) is 4.15. The Bertz CT molecular complexity index is 754. The minimum atomic E-state index is 0.281. The maximum absolute atomic E-state index is 9.06. The van der Waals surface area contributed by atoms with Crippen LogP contribution in [0.3, 0.4) is 0 Å². The van der Waals surface area contributed by atoms with E-state index in [2.05, 4.69) is 53.1 Å². The molecule has 2 aliphatic heterocycles. The Balaban J connectivity index is 1.60. The summed E-state index contributed by atoms with van der Waals surface area (Å²) in [6.07, 6.45) is 1.86. The van der Waals surface area contributed by atoms with Crippen LogP contribution in [0.5, 0.6) is 11.5 Å². The van der Waals surface area contributed by atoms with Crippen LogP contribution < -0.4 is 4.74 Å². The predicted octanol–water partition coefficient (Wildman–Crippen LogP) is 3.38. The number of aryl methyl sites for hydroxylation is 1. The van der Waals surface area contributed by atoms with Gasteiger partial charge in [-0.1, -0.05) is 35.9 Å². The smallest absolute Gasteiger partial charge is 0.132 e. The SMILES string of the molecule is Cc1ccc2c(c1)C(N1CCN(CCCO)CC1)Cc1ccccc1O2. The van der Waals surface area contributed by atoms with Crippen molar-refractivity contribution in [3.05, 3.63) is 59.2 Å². The lowest BCUT2D eigenvalue weighted by molar-refractivity contribution is 0.0909. The van der Waals surface area contributed by atoms with Gasteiger partial charge in [0.15, 0.2) is 0 Å². The highest BCUT2D eigenvalue weighted by Crippen LogP contribution is 2.41. The van der Waals surface area contributed by atoms with E-state index in [1.165, 1.54) is 16.7 Å². The predicted molar refractivity (Wildman–Crippen MR) is 104 cm³/mol. The van der Waals surface area contributed by atoms with Crippen LogP contribution in [-0.2, 0) is 6.42 Å². The molecule has 0 aromatic heterocycles. The van der Waals surface area contributed by atoms with Gasteiger partial charge < -0.3 is 14.7 Å². The van der Waals surface area contributed by atoms with Gasteiger partial charge in [-0.25, -0.2) is 0 Å². The van der Waals surface area contributed by atoms with E-state index in [0.29, 0.717) is 6.04 Å². The van der Waals surface area contributed by atoms with Gasteiger partial charge >= 0.3 is 0 Å². The normalized spacial score (nSPS) is 20.8. The van der Waals surface area contributed by atoms with E-state index in [1.54, 1.807) is 0 Å². The Morgan fingerprint density at radius 3 is 2.65 bits per heavy atom. The average Bonchev–Trinajstić information content (AvgIpc) is 2.83. The number of aliphatic hydroxyl groups excluding tert-OH is 1.